The molecule has 0 N–H and O–H groups in total. The van der Waals surface area contributed by atoms with E-state index in [-0.39, 0.29) is 11.8 Å². The number of nitrogens with zero attached hydrogens (tertiary/aromatic N) is 2. The first-order valence-electron chi connectivity index (χ1n) is 5.89. The molecule has 1 amide bonds. The smallest absolute Gasteiger partial charge is 0.251 e. The molecule has 1 aromatic carbocycles. The lowest BCUT2D eigenvalue weighted by molar-refractivity contribution is -0.124. The fourth-order valence-electron chi connectivity index (χ4n) is 2.03. The van der Waals surface area contributed by atoms with Crippen LogP contribution in [-0.2, 0) is 11.8 Å². The van der Waals surface area contributed by atoms with Crippen LogP contribution in [0.4, 0.5) is 0 Å². The molecule has 0 bridgehead atoms. The summed E-state index contributed by atoms with van der Waals surface area (Å²) in [7, 11) is 1.96. The van der Waals surface area contributed by atoms with Crippen molar-refractivity contribution in [2.24, 2.45) is 18.0 Å². The standard InChI is InChI=1S/C13H14N2OS/c1-15-10-7-2-3-8-11(10)17-13(15)14-12(16)9-5-4-6-9/h2-3,7-9H,4-6H2,1H3. The van der Waals surface area contributed by atoms with Gasteiger partial charge in [-0.05, 0) is 25.0 Å². The van der Waals surface area contributed by atoms with Crippen molar-refractivity contribution in [3.8, 4) is 0 Å². The number of para-hydroxylation sites is 1. The van der Waals surface area contributed by atoms with E-state index in [9.17, 15) is 4.79 Å². The zero-order chi connectivity index (χ0) is 11.8. The second kappa shape index (κ2) is 4.11. The third-order valence-electron chi connectivity index (χ3n) is 3.38. The van der Waals surface area contributed by atoms with Gasteiger partial charge in [0.1, 0.15) is 0 Å². The highest BCUT2D eigenvalue weighted by Gasteiger charge is 2.24. The normalized spacial score (nSPS) is 17.4. The maximum atomic E-state index is 11.9. The summed E-state index contributed by atoms with van der Waals surface area (Å²) in [6.45, 7) is 0. The van der Waals surface area contributed by atoms with Crippen LogP contribution in [0.25, 0.3) is 10.2 Å². The second-order valence-electron chi connectivity index (χ2n) is 4.49. The average molecular weight is 246 g/mol. The van der Waals surface area contributed by atoms with Crippen molar-refractivity contribution in [1.29, 1.82) is 0 Å². The predicted molar refractivity (Wildman–Crippen MR) is 68.7 cm³/mol. The van der Waals surface area contributed by atoms with Crippen molar-refractivity contribution in [1.82, 2.24) is 4.57 Å². The minimum Gasteiger partial charge on any atom is -0.319 e. The van der Waals surface area contributed by atoms with Crippen LogP contribution >= 0.6 is 11.3 Å². The quantitative estimate of drug-likeness (QED) is 0.761. The SMILES string of the molecule is Cn1c(=NC(=O)C2CCC2)sc2ccccc21. The van der Waals surface area contributed by atoms with E-state index in [1.54, 1.807) is 11.3 Å². The van der Waals surface area contributed by atoms with Gasteiger partial charge in [-0.3, -0.25) is 4.79 Å². The lowest BCUT2D eigenvalue weighted by Gasteiger charge is -2.20. The third-order valence-corrected chi connectivity index (χ3v) is 4.49. The first kappa shape index (κ1) is 10.7. The van der Waals surface area contributed by atoms with Gasteiger partial charge in [-0.2, -0.15) is 4.99 Å². The first-order valence-corrected chi connectivity index (χ1v) is 6.70. The Kier molecular flexibility index (Phi) is 2.59. The summed E-state index contributed by atoms with van der Waals surface area (Å²) in [5, 5.41) is 0. The summed E-state index contributed by atoms with van der Waals surface area (Å²) >= 11 is 1.58. The number of thiazole rings is 1. The Morgan fingerprint density at radius 2 is 2.18 bits per heavy atom. The Hall–Kier alpha value is -1.42. The molecule has 0 unspecified atom stereocenters. The van der Waals surface area contributed by atoms with Gasteiger partial charge < -0.3 is 4.57 Å². The fraction of sp³-hybridized carbons (Fsp3) is 0.385. The second-order valence-corrected chi connectivity index (χ2v) is 5.50. The van der Waals surface area contributed by atoms with E-state index >= 15 is 0 Å². The molecule has 88 valence electrons. The predicted octanol–water partition coefficient (Wildman–Crippen LogP) is 2.47. The van der Waals surface area contributed by atoms with Crippen molar-refractivity contribution in [3.05, 3.63) is 29.1 Å². The number of benzene rings is 1. The van der Waals surface area contributed by atoms with Crippen LogP contribution in [0.5, 0.6) is 0 Å². The number of rotatable bonds is 1. The van der Waals surface area contributed by atoms with Crippen LogP contribution in [0.2, 0.25) is 0 Å². The largest absolute Gasteiger partial charge is 0.319 e. The maximum absolute atomic E-state index is 11.9. The average Bonchev–Trinajstić information content (AvgIpc) is 2.54. The van der Waals surface area contributed by atoms with Gasteiger partial charge in [0.2, 0.25) is 0 Å². The molecule has 1 saturated carbocycles. The summed E-state index contributed by atoms with van der Waals surface area (Å²) in [6, 6.07) is 8.13. The van der Waals surface area contributed by atoms with E-state index in [1.807, 2.05) is 23.7 Å². The van der Waals surface area contributed by atoms with Gasteiger partial charge in [-0.1, -0.05) is 29.9 Å². The summed E-state index contributed by atoms with van der Waals surface area (Å²) in [5.41, 5.74) is 1.14. The number of fused-ring (bicyclic) bond motifs is 1. The Morgan fingerprint density at radius 1 is 1.41 bits per heavy atom. The van der Waals surface area contributed by atoms with Crippen LogP contribution in [0.15, 0.2) is 29.3 Å². The topological polar surface area (TPSA) is 34.4 Å². The van der Waals surface area contributed by atoms with Gasteiger partial charge in [-0.15, -0.1) is 0 Å². The van der Waals surface area contributed by atoms with Crippen LogP contribution in [0, 0.1) is 5.92 Å². The van der Waals surface area contributed by atoms with E-state index in [1.165, 1.54) is 11.1 Å². The fourth-order valence-corrected chi connectivity index (χ4v) is 3.05. The van der Waals surface area contributed by atoms with E-state index < -0.39 is 0 Å². The molecule has 1 fully saturated rings. The number of carbonyl (C=O) groups is 1. The van der Waals surface area contributed by atoms with Gasteiger partial charge in [0, 0.05) is 13.0 Å². The zero-order valence-electron chi connectivity index (χ0n) is 9.72. The monoisotopic (exact) mass is 246 g/mol. The molecule has 4 heteroatoms. The summed E-state index contributed by atoms with van der Waals surface area (Å²) in [4.78, 5) is 16.9. The van der Waals surface area contributed by atoms with Gasteiger partial charge in [-0.25, -0.2) is 0 Å². The number of carbonyl (C=O) groups excluding carboxylic acids is 1. The minimum absolute atomic E-state index is 0.0541. The van der Waals surface area contributed by atoms with Crippen LogP contribution in [0.1, 0.15) is 19.3 Å². The molecule has 1 aliphatic rings. The highest BCUT2D eigenvalue weighted by Crippen LogP contribution is 2.27. The van der Waals surface area contributed by atoms with Crippen molar-refractivity contribution in [2.75, 3.05) is 0 Å². The van der Waals surface area contributed by atoms with Gasteiger partial charge in [0.15, 0.2) is 4.80 Å². The van der Waals surface area contributed by atoms with Crippen molar-refractivity contribution in [2.45, 2.75) is 19.3 Å². The Bertz CT molecular complexity index is 634. The van der Waals surface area contributed by atoms with E-state index in [2.05, 4.69) is 17.1 Å². The number of aryl methyl sites for hydroxylation is 1. The third kappa shape index (κ3) is 1.82. The van der Waals surface area contributed by atoms with Gasteiger partial charge >= 0.3 is 0 Å². The van der Waals surface area contributed by atoms with E-state index in [0.717, 1.165) is 23.2 Å². The Balaban J connectivity index is 2.07. The maximum Gasteiger partial charge on any atom is 0.251 e. The molecule has 17 heavy (non-hydrogen) atoms. The van der Waals surface area contributed by atoms with Crippen LogP contribution < -0.4 is 4.80 Å². The number of aromatic nitrogens is 1. The molecule has 0 spiro atoms. The van der Waals surface area contributed by atoms with Crippen LogP contribution in [0.3, 0.4) is 0 Å². The molecular formula is C13H14N2OS. The molecular weight excluding hydrogens is 232 g/mol. The Labute approximate surface area is 103 Å². The molecule has 1 heterocycles. The molecule has 0 atom stereocenters. The number of amides is 1. The highest BCUT2D eigenvalue weighted by molar-refractivity contribution is 7.16. The van der Waals surface area contributed by atoms with E-state index in [0.29, 0.717) is 0 Å². The molecule has 3 nitrogen and oxygen atoms in total. The molecule has 2 aromatic rings. The first-order chi connectivity index (χ1) is 8.25. The molecule has 3 rings (SSSR count). The highest BCUT2D eigenvalue weighted by atomic mass is 32.1. The molecule has 0 aliphatic heterocycles. The molecule has 0 radical (unpaired) electrons. The van der Waals surface area contributed by atoms with Crippen molar-refractivity contribution >= 4 is 27.5 Å². The van der Waals surface area contributed by atoms with Gasteiger partial charge in [0.25, 0.3) is 5.91 Å². The van der Waals surface area contributed by atoms with Crippen molar-refractivity contribution in [3.63, 3.8) is 0 Å². The van der Waals surface area contributed by atoms with Crippen LogP contribution in [-0.4, -0.2) is 10.5 Å². The summed E-state index contributed by atoms with van der Waals surface area (Å²) < 4.78 is 3.17. The van der Waals surface area contributed by atoms with E-state index in [4.69, 9.17) is 0 Å². The lowest BCUT2D eigenvalue weighted by atomic mass is 9.85. The lowest BCUT2D eigenvalue weighted by Crippen LogP contribution is -2.23. The molecule has 0 saturated heterocycles. The number of hydrogen-bond acceptors (Lipinski definition) is 2. The summed E-state index contributed by atoms with van der Waals surface area (Å²) in [5.74, 6) is 0.235. The minimum atomic E-state index is 0.0541. The number of hydrogen-bond donors (Lipinski definition) is 0. The summed E-state index contributed by atoms with van der Waals surface area (Å²) in [6.07, 6.45) is 3.19. The zero-order valence-corrected chi connectivity index (χ0v) is 10.5. The Morgan fingerprint density at radius 3 is 2.82 bits per heavy atom. The van der Waals surface area contributed by atoms with Gasteiger partial charge in [0.05, 0.1) is 10.2 Å². The van der Waals surface area contributed by atoms with Crippen molar-refractivity contribution < 1.29 is 4.79 Å². The molecule has 1 aromatic heterocycles. The molecule has 1 aliphatic carbocycles.